The summed E-state index contributed by atoms with van der Waals surface area (Å²) < 4.78 is 0. The van der Waals surface area contributed by atoms with Crippen LogP contribution in [0.25, 0.3) is 0 Å². The average Bonchev–Trinajstić information content (AvgIpc) is 3.37. The minimum atomic E-state index is -0.486. The summed E-state index contributed by atoms with van der Waals surface area (Å²) in [6.45, 7) is 5.85. The minimum absolute atomic E-state index is 0.0428. The number of benzene rings is 1. The zero-order chi connectivity index (χ0) is 20.3. The fraction of sp³-hybridized carbons (Fsp3) is 0.591. The maximum absolute atomic E-state index is 13.2. The highest BCUT2D eigenvalue weighted by Gasteiger charge is 2.56. The lowest BCUT2D eigenvalue weighted by molar-refractivity contribution is -0.135. The first-order chi connectivity index (χ1) is 13.9. The third kappa shape index (κ3) is 2.81. The molecular weight excluding hydrogens is 368 g/mol. The fourth-order valence-electron chi connectivity index (χ4n) is 5.80. The van der Waals surface area contributed by atoms with Gasteiger partial charge in [-0.2, -0.15) is 0 Å². The van der Waals surface area contributed by atoms with Gasteiger partial charge in [0.2, 0.25) is 11.8 Å². The molecule has 3 aliphatic heterocycles. The Morgan fingerprint density at radius 2 is 1.93 bits per heavy atom. The summed E-state index contributed by atoms with van der Waals surface area (Å²) in [7, 11) is 0. The lowest BCUT2D eigenvalue weighted by Gasteiger charge is -2.42. The number of para-hydroxylation sites is 1. The van der Waals surface area contributed by atoms with E-state index in [0.29, 0.717) is 31.0 Å². The van der Waals surface area contributed by atoms with Gasteiger partial charge in [0.15, 0.2) is 0 Å². The number of hydrogen-bond acceptors (Lipinski definition) is 4. The molecule has 1 aliphatic carbocycles. The average molecular weight is 396 g/mol. The van der Waals surface area contributed by atoms with Gasteiger partial charge in [0.05, 0.1) is 11.5 Å². The first kappa shape index (κ1) is 18.5. The van der Waals surface area contributed by atoms with Gasteiger partial charge in [0, 0.05) is 43.7 Å². The maximum atomic E-state index is 13.2. The van der Waals surface area contributed by atoms with Crippen LogP contribution in [0.2, 0.25) is 0 Å². The Bertz CT molecular complexity index is 885. The number of hydrogen-bond donors (Lipinski definition) is 2. The molecule has 5 rings (SSSR count). The number of carbonyl (C=O) groups is 3. The van der Waals surface area contributed by atoms with Crippen molar-refractivity contribution in [3.63, 3.8) is 0 Å². The van der Waals surface area contributed by atoms with Gasteiger partial charge in [-0.1, -0.05) is 12.1 Å². The van der Waals surface area contributed by atoms with Crippen LogP contribution in [0.5, 0.6) is 0 Å². The van der Waals surface area contributed by atoms with Gasteiger partial charge in [0.25, 0.3) is 5.91 Å². The van der Waals surface area contributed by atoms with Crippen LogP contribution in [-0.4, -0.2) is 58.9 Å². The van der Waals surface area contributed by atoms with Crippen molar-refractivity contribution in [3.8, 4) is 0 Å². The Kier molecular flexibility index (Phi) is 4.12. The van der Waals surface area contributed by atoms with Gasteiger partial charge < -0.3 is 20.4 Å². The molecule has 3 fully saturated rings. The summed E-state index contributed by atoms with van der Waals surface area (Å²) in [4.78, 5) is 41.9. The molecule has 3 amide bonds. The lowest BCUT2D eigenvalue weighted by atomic mass is 9.89. The van der Waals surface area contributed by atoms with Crippen molar-refractivity contribution in [2.75, 3.05) is 25.0 Å². The summed E-state index contributed by atoms with van der Waals surface area (Å²) in [6.07, 6.45) is 2.16. The van der Waals surface area contributed by atoms with Crippen molar-refractivity contribution >= 4 is 23.4 Å². The van der Waals surface area contributed by atoms with Gasteiger partial charge in [-0.3, -0.25) is 14.4 Å². The van der Waals surface area contributed by atoms with E-state index in [1.165, 1.54) is 0 Å². The second-order valence-electron chi connectivity index (χ2n) is 9.29. The largest absolute Gasteiger partial charge is 0.362 e. The smallest absolute Gasteiger partial charge is 0.255 e. The number of rotatable bonds is 2. The van der Waals surface area contributed by atoms with Crippen LogP contribution in [0.15, 0.2) is 24.3 Å². The first-order valence-corrected chi connectivity index (χ1v) is 10.7. The first-order valence-electron chi connectivity index (χ1n) is 10.7. The molecule has 7 nitrogen and oxygen atoms in total. The van der Waals surface area contributed by atoms with Gasteiger partial charge in [-0.15, -0.1) is 0 Å². The predicted molar refractivity (Wildman–Crippen MR) is 108 cm³/mol. The third-order valence-corrected chi connectivity index (χ3v) is 7.29. The number of fused-ring (bicyclic) bond motifs is 3. The third-order valence-electron chi connectivity index (χ3n) is 7.29. The molecule has 1 aromatic carbocycles. The Hall–Kier alpha value is -2.57. The van der Waals surface area contributed by atoms with E-state index in [4.69, 9.17) is 0 Å². The molecule has 154 valence electrons. The quantitative estimate of drug-likeness (QED) is 0.797. The van der Waals surface area contributed by atoms with Crippen LogP contribution < -0.4 is 10.6 Å². The normalized spacial score (nSPS) is 33.1. The van der Waals surface area contributed by atoms with Crippen LogP contribution in [0.1, 0.15) is 43.5 Å². The number of carbonyl (C=O) groups excluding carboxylic acids is 3. The SMILES string of the molecule is CC(C)N1CC(C(=O)N2C[C@H]3CC[C@]4(NC(=O)c5ccccc5N4)[C@H]3C2)CC1=O. The zero-order valence-corrected chi connectivity index (χ0v) is 17.0. The Labute approximate surface area is 170 Å². The van der Waals surface area contributed by atoms with E-state index in [1.807, 2.05) is 43.0 Å². The molecule has 0 bridgehead atoms. The molecule has 3 heterocycles. The minimum Gasteiger partial charge on any atom is -0.362 e. The number of amides is 3. The van der Waals surface area contributed by atoms with Crippen molar-refractivity contribution in [1.29, 1.82) is 0 Å². The highest BCUT2D eigenvalue weighted by atomic mass is 16.2. The van der Waals surface area contributed by atoms with Crippen molar-refractivity contribution in [1.82, 2.24) is 15.1 Å². The molecule has 1 saturated carbocycles. The topological polar surface area (TPSA) is 81.8 Å². The summed E-state index contributed by atoms with van der Waals surface area (Å²) in [5.41, 5.74) is 1.06. The van der Waals surface area contributed by atoms with E-state index < -0.39 is 5.66 Å². The van der Waals surface area contributed by atoms with E-state index in [-0.39, 0.29) is 35.6 Å². The molecule has 4 atom stereocenters. The second kappa shape index (κ2) is 6.47. The molecule has 1 aromatic rings. The van der Waals surface area contributed by atoms with Gasteiger partial charge in [-0.25, -0.2) is 0 Å². The molecule has 7 heteroatoms. The van der Waals surface area contributed by atoms with Crippen LogP contribution in [0.4, 0.5) is 5.69 Å². The molecular formula is C22H28N4O3. The summed E-state index contributed by atoms with van der Waals surface area (Å²) in [6, 6.07) is 7.72. The number of likely N-dealkylation sites (tertiary alicyclic amines) is 2. The predicted octanol–water partition coefficient (Wildman–Crippen LogP) is 1.66. The fourth-order valence-corrected chi connectivity index (χ4v) is 5.80. The number of nitrogens with one attached hydrogen (secondary N) is 2. The highest BCUT2D eigenvalue weighted by molar-refractivity contribution is 6.02. The standard InChI is InChI=1S/C22H28N4O3/c1-13(2)26-11-15(9-19(26)27)21(29)25-10-14-7-8-22(17(14)12-25)23-18-6-4-3-5-16(18)20(28)24-22/h3-6,13-15,17,23H,7-12H2,1-2H3,(H,24,28)/t14-,15?,17+,22+/m1/s1. The van der Waals surface area contributed by atoms with E-state index >= 15 is 0 Å². The van der Waals surface area contributed by atoms with Crippen molar-refractivity contribution in [3.05, 3.63) is 29.8 Å². The van der Waals surface area contributed by atoms with E-state index in [1.54, 1.807) is 4.90 Å². The molecule has 0 aromatic heterocycles. The molecule has 29 heavy (non-hydrogen) atoms. The van der Waals surface area contributed by atoms with Crippen molar-refractivity contribution in [2.24, 2.45) is 17.8 Å². The van der Waals surface area contributed by atoms with Gasteiger partial charge >= 0.3 is 0 Å². The molecule has 2 saturated heterocycles. The van der Waals surface area contributed by atoms with E-state index in [2.05, 4.69) is 10.6 Å². The summed E-state index contributed by atoms with van der Waals surface area (Å²) >= 11 is 0. The van der Waals surface area contributed by atoms with Crippen LogP contribution >= 0.6 is 0 Å². The van der Waals surface area contributed by atoms with Gasteiger partial charge in [0.1, 0.15) is 5.66 Å². The Morgan fingerprint density at radius 1 is 1.14 bits per heavy atom. The second-order valence-corrected chi connectivity index (χ2v) is 9.29. The van der Waals surface area contributed by atoms with Crippen LogP contribution in [-0.2, 0) is 9.59 Å². The molecule has 0 radical (unpaired) electrons. The maximum Gasteiger partial charge on any atom is 0.255 e. The Morgan fingerprint density at radius 3 is 2.69 bits per heavy atom. The zero-order valence-electron chi connectivity index (χ0n) is 17.0. The number of anilines is 1. The lowest BCUT2D eigenvalue weighted by Crippen LogP contribution is -2.61. The van der Waals surface area contributed by atoms with Crippen LogP contribution in [0, 0.1) is 17.8 Å². The van der Waals surface area contributed by atoms with E-state index in [9.17, 15) is 14.4 Å². The monoisotopic (exact) mass is 396 g/mol. The van der Waals surface area contributed by atoms with Crippen molar-refractivity contribution < 1.29 is 14.4 Å². The van der Waals surface area contributed by atoms with E-state index in [0.717, 1.165) is 25.1 Å². The van der Waals surface area contributed by atoms with Crippen LogP contribution in [0.3, 0.4) is 0 Å². The van der Waals surface area contributed by atoms with Gasteiger partial charge in [-0.05, 0) is 44.7 Å². The summed E-state index contributed by atoms with van der Waals surface area (Å²) in [5.74, 6) is 0.436. The molecule has 1 spiro atoms. The summed E-state index contributed by atoms with van der Waals surface area (Å²) in [5, 5.41) is 6.83. The molecule has 1 unspecified atom stereocenters. The van der Waals surface area contributed by atoms with Crippen molar-refractivity contribution in [2.45, 2.75) is 44.8 Å². The Balaban J connectivity index is 1.33. The molecule has 4 aliphatic rings. The highest BCUT2D eigenvalue weighted by Crippen LogP contribution is 2.47. The molecule has 2 N–H and O–H groups in total. The number of nitrogens with zero attached hydrogens (tertiary/aromatic N) is 2.